The van der Waals surface area contributed by atoms with Gasteiger partial charge >= 0.3 is 5.69 Å². The molecule has 1 fully saturated rings. The van der Waals surface area contributed by atoms with E-state index in [1.807, 2.05) is 0 Å². The summed E-state index contributed by atoms with van der Waals surface area (Å²) in [6.07, 6.45) is 7.34. The first-order chi connectivity index (χ1) is 11.9. The Morgan fingerprint density at radius 1 is 1.24 bits per heavy atom. The van der Waals surface area contributed by atoms with Gasteiger partial charge in [-0.3, -0.25) is 4.57 Å². The second-order valence-corrected chi connectivity index (χ2v) is 7.92. The Balaban J connectivity index is 1.93. The van der Waals surface area contributed by atoms with E-state index >= 15 is 0 Å². The zero-order chi connectivity index (χ0) is 18.0. The molecule has 0 atom stereocenters. The Morgan fingerprint density at radius 3 is 2.56 bits per heavy atom. The van der Waals surface area contributed by atoms with Crippen molar-refractivity contribution in [3.8, 4) is 0 Å². The first kappa shape index (κ1) is 18.2. The third-order valence-corrected chi connectivity index (χ3v) is 5.69. The molecule has 1 aliphatic carbocycles. The molecule has 0 spiro atoms. The van der Waals surface area contributed by atoms with Crippen LogP contribution in [0.2, 0.25) is 5.02 Å². The van der Waals surface area contributed by atoms with Gasteiger partial charge in [0.2, 0.25) is 0 Å². The monoisotopic (exact) mass is 365 g/mol. The van der Waals surface area contributed by atoms with Crippen LogP contribution >= 0.6 is 11.6 Å². The first-order valence-electron chi connectivity index (χ1n) is 8.95. The minimum absolute atomic E-state index is 0.0805. The van der Waals surface area contributed by atoms with Crippen LogP contribution in [0.25, 0.3) is 0 Å². The number of aryl methyl sites for hydroxylation is 1. The maximum atomic E-state index is 14.2. The van der Waals surface area contributed by atoms with Crippen molar-refractivity contribution >= 4 is 11.6 Å². The fraction of sp³-hybridized carbons (Fsp3) is 0.579. The molecule has 136 valence electrons. The van der Waals surface area contributed by atoms with Crippen LogP contribution in [-0.4, -0.2) is 14.3 Å². The number of halogens is 2. The van der Waals surface area contributed by atoms with Crippen LogP contribution in [0.5, 0.6) is 0 Å². The van der Waals surface area contributed by atoms with Crippen molar-refractivity contribution in [1.82, 2.24) is 14.3 Å². The van der Waals surface area contributed by atoms with Crippen LogP contribution in [0, 0.1) is 11.2 Å². The molecular weight excluding hydrogens is 341 g/mol. The second-order valence-electron chi connectivity index (χ2n) is 7.51. The lowest BCUT2D eigenvalue weighted by molar-refractivity contribution is 0.227. The first-order valence-corrected chi connectivity index (χ1v) is 9.33. The molecule has 0 aliphatic heterocycles. The van der Waals surface area contributed by atoms with E-state index in [-0.39, 0.29) is 23.3 Å². The summed E-state index contributed by atoms with van der Waals surface area (Å²) < 4.78 is 17.2. The van der Waals surface area contributed by atoms with Crippen LogP contribution in [0.1, 0.15) is 56.8 Å². The van der Waals surface area contributed by atoms with Gasteiger partial charge in [0.1, 0.15) is 11.6 Å². The fourth-order valence-corrected chi connectivity index (χ4v) is 4.06. The smallest absolute Gasteiger partial charge is 0.278 e. The molecule has 25 heavy (non-hydrogen) atoms. The molecule has 4 nitrogen and oxygen atoms in total. The topological polar surface area (TPSA) is 39.8 Å². The van der Waals surface area contributed by atoms with Gasteiger partial charge in [-0.05, 0) is 30.4 Å². The zero-order valence-corrected chi connectivity index (χ0v) is 15.7. The lowest BCUT2D eigenvalue weighted by atomic mass is 9.82. The van der Waals surface area contributed by atoms with Gasteiger partial charge in [0, 0.05) is 30.6 Å². The van der Waals surface area contributed by atoms with E-state index in [0.29, 0.717) is 23.0 Å². The Hall–Kier alpha value is -1.62. The molecule has 2 aromatic rings. The van der Waals surface area contributed by atoms with E-state index < -0.39 is 0 Å². The third kappa shape index (κ3) is 3.97. The number of hydrogen-bond acceptors (Lipinski definition) is 2. The van der Waals surface area contributed by atoms with E-state index in [1.165, 1.54) is 36.4 Å². The van der Waals surface area contributed by atoms with Crippen molar-refractivity contribution in [3.63, 3.8) is 0 Å². The molecule has 1 saturated carbocycles. The lowest BCUT2D eigenvalue weighted by Gasteiger charge is -2.28. The molecule has 0 radical (unpaired) electrons. The molecule has 0 amide bonds. The van der Waals surface area contributed by atoms with Crippen LogP contribution < -0.4 is 5.69 Å². The highest BCUT2D eigenvalue weighted by Crippen LogP contribution is 2.36. The maximum absolute atomic E-state index is 14.2. The number of hydrogen-bond donors (Lipinski definition) is 0. The summed E-state index contributed by atoms with van der Waals surface area (Å²) in [5.41, 5.74) is 0.326. The van der Waals surface area contributed by atoms with Gasteiger partial charge < -0.3 is 0 Å². The Morgan fingerprint density at radius 2 is 1.92 bits per heavy atom. The normalized spacial score (nSPS) is 17.4. The highest BCUT2D eigenvalue weighted by Gasteiger charge is 2.29. The van der Waals surface area contributed by atoms with Gasteiger partial charge in [-0.15, -0.1) is 0 Å². The highest BCUT2D eigenvalue weighted by atomic mass is 35.5. The summed E-state index contributed by atoms with van der Waals surface area (Å²) in [4.78, 5) is 12.6. The van der Waals surface area contributed by atoms with Crippen molar-refractivity contribution in [3.05, 3.63) is 50.9 Å². The summed E-state index contributed by atoms with van der Waals surface area (Å²) in [6.45, 7) is 2.87. The number of benzene rings is 1. The molecule has 0 unspecified atom stereocenters. The Labute approximate surface area is 152 Å². The van der Waals surface area contributed by atoms with Crippen molar-refractivity contribution < 1.29 is 4.39 Å². The average molecular weight is 366 g/mol. The Bertz CT molecular complexity index is 783. The van der Waals surface area contributed by atoms with Crippen molar-refractivity contribution in [2.24, 2.45) is 12.5 Å². The zero-order valence-electron chi connectivity index (χ0n) is 14.9. The van der Waals surface area contributed by atoms with Crippen molar-refractivity contribution in [2.75, 3.05) is 0 Å². The molecule has 6 heteroatoms. The van der Waals surface area contributed by atoms with Gasteiger partial charge in [0.05, 0.1) is 0 Å². The minimum Gasteiger partial charge on any atom is -0.278 e. The lowest BCUT2D eigenvalue weighted by Crippen LogP contribution is -2.32. The van der Waals surface area contributed by atoms with E-state index in [4.69, 9.17) is 11.6 Å². The van der Waals surface area contributed by atoms with Gasteiger partial charge in [0.15, 0.2) is 0 Å². The van der Waals surface area contributed by atoms with Crippen LogP contribution in [0.4, 0.5) is 4.39 Å². The third-order valence-electron chi connectivity index (χ3n) is 5.33. The molecule has 1 aliphatic rings. The fourth-order valence-electron chi connectivity index (χ4n) is 3.83. The minimum atomic E-state index is -0.363. The summed E-state index contributed by atoms with van der Waals surface area (Å²) in [5.74, 6) is 0.211. The standard InChI is InChI=1S/C19H25ClFN3O/c1-19(10-5-3-4-6-11-19)13-24-17(22-23(2)18(24)25)12-14-15(20)8-7-9-16(14)21/h7-9H,3-6,10-13H2,1-2H3. The molecule has 1 heterocycles. The van der Waals surface area contributed by atoms with E-state index in [0.717, 1.165) is 12.8 Å². The molecule has 3 rings (SSSR count). The van der Waals surface area contributed by atoms with E-state index in [9.17, 15) is 9.18 Å². The SMILES string of the molecule is Cn1nc(Cc2c(F)cccc2Cl)n(CC2(C)CCCCCC2)c1=O. The predicted octanol–water partition coefficient (Wildman–Crippen LogP) is 4.33. The summed E-state index contributed by atoms with van der Waals surface area (Å²) >= 11 is 6.16. The molecule has 0 N–H and O–H groups in total. The number of aromatic nitrogens is 3. The second kappa shape index (κ2) is 7.32. The van der Waals surface area contributed by atoms with Gasteiger partial charge in [0.25, 0.3) is 0 Å². The summed E-state index contributed by atoms with van der Waals surface area (Å²) in [5, 5.41) is 4.72. The van der Waals surface area contributed by atoms with Crippen LogP contribution in [0.3, 0.4) is 0 Å². The number of nitrogens with zero attached hydrogens (tertiary/aromatic N) is 3. The van der Waals surface area contributed by atoms with Gasteiger partial charge in [-0.25, -0.2) is 13.9 Å². The molecule has 1 aromatic carbocycles. The highest BCUT2D eigenvalue weighted by molar-refractivity contribution is 6.31. The largest absolute Gasteiger partial charge is 0.345 e. The molecule has 0 saturated heterocycles. The molecule has 1 aromatic heterocycles. The quantitative estimate of drug-likeness (QED) is 0.757. The molecular formula is C19H25ClFN3O. The van der Waals surface area contributed by atoms with E-state index in [2.05, 4.69) is 12.0 Å². The van der Waals surface area contributed by atoms with Crippen molar-refractivity contribution in [2.45, 2.75) is 58.4 Å². The van der Waals surface area contributed by atoms with Gasteiger partial charge in [-0.2, -0.15) is 5.10 Å². The number of rotatable bonds is 4. The van der Waals surface area contributed by atoms with Crippen LogP contribution in [0.15, 0.2) is 23.0 Å². The molecule has 0 bridgehead atoms. The average Bonchev–Trinajstić information content (AvgIpc) is 2.73. The predicted molar refractivity (Wildman–Crippen MR) is 97.5 cm³/mol. The van der Waals surface area contributed by atoms with E-state index in [1.54, 1.807) is 23.7 Å². The summed E-state index contributed by atoms with van der Waals surface area (Å²) in [6, 6.07) is 4.64. The van der Waals surface area contributed by atoms with Crippen LogP contribution in [-0.2, 0) is 20.0 Å². The van der Waals surface area contributed by atoms with Crippen molar-refractivity contribution in [1.29, 1.82) is 0 Å². The van der Waals surface area contributed by atoms with Gasteiger partial charge in [-0.1, -0.05) is 50.3 Å². The maximum Gasteiger partial charge on any atom is 0.345 e. The Kier molecular flexibility index (Phi) is 5.32. The summed E-state index contributed by atoms with van der Waals surface area (Å²) in [7, 11) is 1.64.